The molecule has 2 aromatic rings. The molecule has 1 aliphatic rings. The highest BCUT2D eigenvalue weighted by atomic mass is 32.2. The van der Waals surface area contributed by atoms with Crippen LogP contribution in [0.15, 0.2) is 53.4 Å². The summed E-state index contributed by atoms with van der Waals surface area (Å²) in [7, 11) is -4.08. The van der Waals surface area contributed by atoms with Crippen LogP contribution in [0.25, 0.3) is 0 Å². The number of nitrogens with zero attached hydrogens (tertiary/aromatic N) is 2. The number of sulfonamides is 1. The quantitative estimate of drug-likeness (QED) is 0.609. The van der Waals surface area contributed by atoms with Crippen LogP contribution in [0.4, 0.5) is 18.0 Å². The molecule has 0 aliphatic carbocycles. The summed E-state index contributed by atoms with van der Waals surface area (Å²) in [6, 6.07) is 10.9. The van der Waals surface area contributed by atoms with Gasteiger partial charge in [0.25, 0.3) is 0 Å². The van der Waals surface area contributed by atoms with Gasteiger partial charge in [0, 0.05) is 6.54 Å². The Hall–Kier alpha value is -3.14. The van der Waals surface area contributed by atoms with Gasteiger partial charge in [-0.05, 0) is 56.7 Å². The van der Waals surface area contributed by atoms with E-state index in [1.54, 1.807) is 20.8 Å². The molecular formula is C24H26F3N3O5S. The van der Waals surface area contributed by atoms with Gasteiger partial charge in [-0.3, -0.25) is 0 Å². The van der Waals surface area contributed by atoms with E-state index in [4.69, 9.17) is 14.7 Å². The van der Waals surface area contributed by atoms with E-state index in [-0.39, 0.29) is 30.2 Å². The second kappa shape index (κ2) is 10.5. The molecule has 0 radical (unpaired) electrons. The molecule has 12 heteroatoms. The van der Waals surface area contributed by atoms with Crippen molar-refractivity contribution in [3.63, 3.8) is 0 Å². The lowest BCUT2D eigenvalue weighted by atomic mass is 10.1. The Bertz CT molecular complexity index is 1240. The molecular weight excluding hydrogens is 499 g/mol. The average Bonchev–Trinajstić information content (AvgIpc) is 3.18. The molecule has 1 saturated heterocycles. The van der Waals surface area contributed by atoms with Gasteiger partial charge >= 0.3 is 12.3 Å². The predicted octanol–water partition coefficient (Wildman–Crippen LogP) is 4.06. The van der Waals surface area contributed by atoms with Gasteiger partial charge < -0.3 is 14.4 Å². The van der Waals surface area contributed by atoms with E-state index in [9.17, 15) is 26.4 Å². The molecule has 0 saturated carbocycles. The maximum absolute atomic E-state index is 13.0. The molecule has 3 rings (SSSR count). The van der Waals surface area contributed by atoms with Crippen molar-refractivity contribution in [3.8, 4) is 6.07 Å². The Morgan fingerprint density at radius 1 is 1.14 bits per heavy atom. The van der Waals surface area contributed by atoms with Crippen molar-refractivity contribution >= 4 is 16.1 Å². The van der Waals surface area contributed by atoms with Crippen molar-refractivity contribution in [3.05, 3.63) is 65.2 Å². The van der Waals surface area contributed by atoms with Crippen LogP contribution in [0.5, 0.6) is 0 Å². The van der Waals surface area contributed by atoms with Gasteiger partial charge in [-0.1, -0.05) is 18.2 Å². The minimum absolute atomic E-state index is 0.000962. The number of amides is 1. The number of ether oxygens (including phenoxy) is 2. The third kappa shape index (κ3) is 7.19. The van der Waals surface area contributed by atoms with Crippen LogP contribution in [-0.2, 0) is 32.3 Å². The molecule has 0 spiro atoms. The largest absolute Gasteiger partial charge is 0.444 e. The number of hydrogen-bond donors (Lipinski definition) is 1. The predicted molar refractivity (Wildman–Crippen MR) is 123 cm³/mol. The number of carbonyl (C=O) groups excluding carboxylic acids is 1. The summed E-state index contributed by atoms with van der Waals surface area (Å²) in [6.45, 7) is 4.93. The number of nitrogens with one attached hydrogen (secondary N) is 1. The van der Waals surface area contributed by atoms with Crippen LogP contribution >= 0.6 is 0 Å². The van der Waals surface area contributed by atoms with Crippen LogP contribution < -0.4 is 4.72 Å². The summed E-state index contributed by atoms with van der Waals surface area (Å²) in [5, 5.41) is 9.08. The third-order valence-electron chi connectivity index (χ3n) is 5.24. The normalized spacial score (nSPS) is 18.6. The van der Waals surface area contributed by atoms with Gasteiger partial charge in [0.1, 0.15) is 5.60 Å². The fraction of sp³-hybridized carbons (Fsp3) is 0.417. The molecule has 1 heterocycles. The zero-order valence-electron chi connectivity index (χ0n) is 19.9. The highest BCUT2D eigenvalue weighted by Gasteiger charge is 2.40. The summed E-state index contributed by atoms with van der Waals surface area (Å²) in [5.74, 6) is 0. The Morgan fingerprint density at radius 2 is 1.81 bits per heavy atom. The zero-order valence-corrected chi connectivity index (χ0v) is 20.7. The highest BCUT2D eigenvalue weighted by molar-refractivity contribution is 7.89. The minimum atomic E-state index is -4.47. The monoisotopic (exact) mass is 525 g/mol. The smallest absolute Gasteiger partial charge is 0.416 e. The summed E-state index contributed by atoms with van der Waals surface area (Å²) in [5.41, 5.74) is -0.964. The zero-order chi connectivity index (χ0) is 26.7. The third-order valence-corrected chi connectivity index (χ3v) is 6.73. The Kier molecular flexibility index (Phi) is 7.97. The summed E-state index contributed by atoms with van der Waals surface area (Å²) < 4.78 is 78.2. The van der Waals surface area contributed by atoms with E-state index in [1.165, 1.54) is 41.3 Å². The number of carbonyl (C=O) groups is 1. The fourth-order valence-corrected chi connectivity index (χ4v) is 4.83. The molecule has 1 aliphatic heterocycles. The van der Waals surface area contributed by atoms with Gasteiger partial charge in [0.15, 0.2) is 0 Å². The van der Waals surface area contributed by atoms with Gasteiger partial charge in [0.05, 0.1) is 47.4 Å². The lowest BCUT2D eigenvalue weighted by Crippen LogP contribution is -2.44. The van der Waals surface area contributed by atoms with E-state index in [0.29, 0.717) is 5.56 Å². The topological polar surface area (TPSA) is 109 Å². The molecule has 1 amide bonds. The molecule has 1 fully saturated rings. The minimum Gasteiger partial charge on any atom is -0.444 e. The lowest BCUT2D eigenvalue weighted by molar-refractivity contribution is -0.137. The van der Waals surface area contributed by atoms with Crippen molar-refractivity contribution in [2.24, 2.45) is 0 Å². The van der Waals surface area contributed by atoms with Crippen molar-refractivity contribution < 1.29 is 35.9 Å². The Balaban J connectivity index is 1.78. The highest BCUT2D eigenvalue weighted by Crippen LogP contribution is 2.29. The van der Waals surface area contributed by atoms with Gasteiger partial charge in [-0.2, -0.15) is 18.4 Å². The van der Waals surface area contributed by atoms with Gasteiger partial charge in [-0.15, -0.1) is 0 Å². The number of halogens is 3. The van der Waals surface area contributed by atoms with Crippen molar-refractivity contribution in [2.45, 2.75) is 56.2 Å². The molecule has 2 atom stereocenters. The Morgan fingerprint density at radius 3 is 2.39 bits per heavy atom. The maximum atomic E-state index is 13.0. The average molecular weight is 526 g/mol. The Labute approximate surface area is 207 Å². The number of likely N-dealkylation sites (tertiary alicyclic amines) is 1. The number of rotatable bonds is 6. The molecule has 0 unspecified atom stereocenters. The standard InChI is InChI=1S/C24H26F3N3O5S/c1-23(2,3)35-22(31)30-13-20(29-36(32,33)19-6-4-5-17(11-19)12-28)21(14-30)34-15-16-7-9-18(10-8-16)24(25,26)27/h4-11,20-21,29H,13-15H2,1-3H3/t20-,21-/m1/s1. The summed E-state index contributed by atoms with van der Waals surface area (Å²) >= 11 is 0. The van der Waals surface area contributed by atoms with Crippen LogP contribution in [0.1, 0.15) is 37.5 Å². The first-order valence-corrected chi connectivity index (χ1v) is 12.4. The number of hydrogen-bond acceptors (Lipinski definition) is 6. The van der Waals surface area contributed by atoms with Crippen LogP contribution in [-0.4, -0.2) is 50.2 Å². The summed E-state index contributed by atoms with van der Waals surface area (Å²) in [4.78, 5) is 13.8. The van der Waals surface area contributed by atoms with E-state index < -0.39 is 45.6 Å². The van der Waals surface area contributed by atoms with E-state index in [1.807, 2.05) is 6.07 Å². The molecule has 0 bridgehead atoms. The molecule has 194 valence electrons. The number of nitriles is 1. The summed E-state index contributed by atoms with van der Waals surface area (Å²) in [6.07, 6.45) is -5.93. The van der Waals surface area contributed by atoms with Crippen molar-refractivity contribution in [1.82, 2.24) is 9.62 Å². The van der Waals surface area contributed by atoms with Gasteiger partial charge in [0.2, 0.25) is 10.0 Å². The maximum Gasteiger partial charge on any atom is 0.416 e. The molecule has 8 nitrogen and oxygen atoms in total. The second-order valence-corrected chi connectivity index (χ2v) is 11.0. The first-order chi connectivity index (χ1) is 16.7. The molecule has 2 aromatic carbocycles. The molecule has 0 aromatic heterocycles. The lowest BCUT2D eigenvalue weighted by Gasteiger charge is -2.24. The SMILES string of the molecule is CC(C)(C)OC(=O)N1C[C@@H](NS(=O)(=O)c2cccc(C#N)c2)[C@H](OCc2ccc(C(F)(F)F)cc2)C1. The van der Waals surface area contributed by atoms with Gasteiger partial charge in [-0.25, -0.2) is 17.9 Å². The molecule has 1 N–H and O–H groups in total. The van der Waals surface area contributed by atoms with E-state index >= 15 is 0 Å². The molecule has 36 heavy (non-hydrogen) atoms. The number of alkyl halides is 3. The van der Waals surface area contributed by atoms with Crippen LogP contribution in [0.2, 0.25) is 0 Å². The van der Waals surface area contributed by atoms with E-state index in [2.05, 4.69) is 4.72 Å². The first kappa shape index (κ1) is 27.4. The fourth-order valence-electron chi connectivity index (χ4n) is 3.52. The van der Waals surface area contributed by atoms with E-state index in [0.717, 1.165) is 12.1 Å². The first-order valence-electron chi connectivity index (χ1n) is 11.0. The van der Waals surface area contributed by atoms with Crippen LogP contribution in [0.3, 0.4) is 0 Å². The van der Waals surface area contributed by atoms with Crippen molar-refractivity contribution in [1.29, 1.82) is 5.26 Å². The number of benzene rings is 2. The van der Waals surface area contributed by atoms with Crippen molar-refractivity contribution in [2.75, 3.05) is 13.1 Å². The van der Waals surface area contributed by atoms with Crippen LogP contribution in [0, 0.1) is 11.3 Å². The second-order valence-electron chi connectivity index (χ2n) is 9.30.